The summed E-state index contributed by atoms with van der Waals surface area (Å²) in [6.07, 6.45) is 0. The van der Waals surface area contributed by atoms with Crippen molar-refractivity contribution in [1.29, 1.82) is 0 Å². The van der Waals surface area contributed by atoms with E-state index in [1.165, 1.54) is 16.8 Å². The quantitative estimate of drug-likeness (QED) is 0.886. The van der Waals surface area contributed by atoms with Gasteiger partial charge in [-0.1, -0.05) is 25.1 Å². The molecule has 0 spiro atoms. The number of rotatable bonds is 3. The summed E-state index contributed by atoms with van der Waals surface area (Å²) in [7, 11) is 0. The van der Waals surface area contributed by atoms with E-state index in [1.54, 1.807) is 0 Å². The predicted octanol–water partition coefficient (Wildman–Crippen LogP) is 1.98. The maximum Gasteiger partial charge on any atom is 0.0442 e. The Bertz CT molecular complexity index is 403. The topological polar surface area (TPSA) is 32.5 Å². The number of benzene rings is 1. The van der Waals surface area contributed by atoms with Gasteiger partial charge in [-0.05, 0) is 31.5 Å². The lowest BCUT2D eigenvalue weighted by Crippen LogP contribution is -2.52. The molecule has 0 aliphatic carbocycles. The third kappa shape index (κ3) is 2.52. The number of hydrogen-bond donors (Lipinski definition) is 1. The molecule has 1 aromatic carbocycles. The summed E-state index contributed by atoms with van der Waals surface area (Å²) >= 11 is 0. The van der Waals surface area contributed by atoms with Gasteiger partial charge < -0.3 is 10.6 Å². The van der Waals surface area contributed by atoms with Gasteiger partial charge in [-0.15, -0.1) is 0 Å². The van der Waals surface area contributed by atoms with Gasteiger partial charge in [-0.2, -0.15) is 0 Å². The lowest BCUT2D eigenvalue weighted by Gasteiger charge is -2.41. The summed E-state index contributed by atoms with van der Waals surface area (Å²) in [5, 5.41) is 0. The molecule has 0 amide bonds. The van der Waals surface area contributed by atoms with Gasteiger partial charge in [0, 0.05) is 37.9 Å². The number of hydrogen-bond acceptors (Lipinski definition) is 3. The van der Waals surface area contributed by atoms with E-state index >= 15 is 0 Å². The summed E-state index contributed by atoms with van der Waals surface area (Å²) in [5.41, 5.74) is 9.85. The minimum absolute atomic E-state index is 0.619. The minimum atomic E-state index is 0.619. The van der Waals surface area contributed by atoms with Gasteiger partial charge in [-0.25, -0.2) is 0 Å². The first-order valence-electron chi connectivity index (χ1n) is 6.95. The average Bonchev–Trinajstić information content (AvgIpc) is 2.38. The highest BCUT2D eigenvalue weighted by atomic mass is 15.3. The Labute approximate surface area is 111 Å². The number of nitrogens with zero attached hydrogens (tertiary/aromatic N) is 2. The monoisotopic (exact) mass is 247 g/mol. The van der Waals surface area contributed by atoms with Crippen LogP contribution < -0.4 is 10.6 Å². The highest BCUT2D eigenvalue weighted by Gasteiger charge is 2.24. The Morgan fingerprint density at radius 1 is 1.33 bits per heavy atom. The van der Waals surface area contributed by atoms with E-state index in [-0.39, 0.29) is 0 Å². The maximum atomic E-state index is 5.88. The molecule has 1 aliphatic rings. The Morgan fingerprint density at radius 2 is 2.11 bits per heavy atom. The predicted molar refractivity (Wildman–Crippen MR) is 78.0 cm³/mol. The van der Waals surface area contributed by atoms with Crippen molar-refractivity contribution < 1.29 is 0 Å². The van der Waals surface area contributed by atoms with Crippen LogP contribution >= 0.6 is 0 Å². The molecule has 1 heterocycles. The molecule has 1 unspecified atom stereocenters. The van der Waals surface area contributed by atoms with Crippen LogP contribution in [0, 0.1) is 6.92 Å². The summed E-state index contributed by atoms with van der Waals surface area (Å²) in [5.74, 6) is 0. The fourth-order valence-corrected chi connectivity index (χ4v) is 3.01. The van der Waals surface area contributed by atoms with Crippen LogP contribution in [0.25, 0.3) is 0 Å². The van der Waals surface area contributed by atoms with Crippen molar-refractivity contribution in [3.05, 3.63) is 29.3 Å². The molecule has 0 radical (unpaired) electrons. The fraction of sp³-hybridized carbons (Fsp3) is 0.600. The molecule has 1 aliphatic heterocycles. The molecule has 0 saturated carbocycles. The van der Waals surface area contributed by atoms with Crippen molar-refractivity contribution >= 4 is 5.69 Å². The number of para-hydroxylation sites is 1. The normalized spacial score (nSPS) is 21.3. The highest BCUT2D eigenvalue weighted by Crippen LogP contribution is 2.27. The third-order valence-electron chi connectivity index (χ3n) is 4.03. The van der Waals surface area contributed by atoms with Gasteiger partial charge in [0.2, 0.25) is 0 Å². The second-order valence-corrected chi connectivity index (χ2v) is 5.21. The van der Waals surface area contributed by atoms with Crippen LogP contribution in [0.5, 0.6) is 0 Å². The minimum Gasteiger partial charge on any atom is -0.368 e. The summed E-state index contributed by atoms with van der Waals surface area (Å²) in [6, 6.07) is 7.06. The lowest BCUT2D eigenvalue weighted by atomic mass is 10.0. The Balaban J connectivity index is 2.23. The molecular formula is C15H25N3. The van der Waals surface area contributed by atoms with Crippen LogP contribution in [0.4, 0.5) is 5.69 Å². The summed E-state index contributed by atoms with van der Waals surface area (Å²) in [6.45, 7) is 11.9. The van der Waals surface area contributed by atoms with Gasteiger partial charge in [0.25, 0.3) is 0 Å². The zero-order chi connectivity index (χ0) is 13.1. The highest BCUT2D eigenvalue weighted by molar-refractivity contribution is 5.59. The Morgan fingerprint density at radius 3 is 2.72 bits per heavy atom. The van der Waals surface area contributed by atoms with Crippen molar-refractivity contribution in [2.75, 3.05) is 31.1 Å². The molecule has 18 heavy (non-hydrogen) atoms. The van der Waals surface area contributed by atoms with Gasteiger partial charge >= 0.3 is 0 Å². The number of anilines is 1. The van der Waals surface area contributed by atoms with E-state index in [4.69, 9.17) is 5.73 Å². The fourth-order valence-electron chi connectivity index (χ4n) is 3.01. The van der Waals surface area contributed by atoms with Gasteiger partial charge in [0.15, 0.2) is 0 Å². The third-order valence-corrected chi connectivity index (χ3v) is 4.03. The molecule has 2 rings (SSSR count). The first-order valence-corrected chi connectivity index (χ1v) is 6.95. The molecule has 1 aromatic rings. The average molecular weight is 247 g/mol. The van der Waals surface area contributed by atoms with Crippen molar-refractivity contribution in [1.82, 2.24) is 4.90 Å². The molecule has 0 aromatic heterocycles. The zero-order valence-electron chi connectivity index (χ0n) is 11.8. The van der Waals surface area contributed by atoms with E-state index in [0.717, 1.165) is 26.2 Å². The van der Waals surface area contributed by atoms with Gasteiger partial charge in [0.1, 0.15) is 0 Å². The van der Waals surface area contributed by atoms with Crippen LogP contribution in [0.1, 0.15) is 25.0 Å². The van der Waals surface area contributed by atoms with Crippen LogP contribution in [0.2, 0.25) is 0 Å². The first kappa shape index (κ1) is 13.4. The van der Waals surface area contributed by atoms with Crippen molar-refractivity contribution in [3.63, 3.8) is 0 Å². The largest absolute Gasteiger partial charge is 0.368 e. The van der Waals surface area contributed by atoms with Crippen LogP contribution in [-0.2, 0) is 6.54 Å². The second-order valence-electron chi connectivity index (χ2n) is 5.21. The molecule has 3 heteroatoms. The number of piperazine rings is 1. The lowest BCUT2D eigenvalue weighted by molar-refractivity contribution is 0.199. The molecule has 100 valence electrons. The number of aryl methyl sites for hydroxylation is 1. The van der Waals surface area contributed by atoms with Crippen molar-refractivity contribution in [2.45, 2.75) is 33.4 Å². The number of nitrogens with two attached hydrogens (primary N) is 1. The van der Waals surface area contributed by atoms with E-state index in [2.05, 4.69) is 48.8 Å². The SMILES string of the molecule is CCN1CCN(c2c(C)cccc2CN)CC1C. The molecule has 1 saturated heterocycles. The van der Waals surface area contributed by atoms with Crippen molar-refractivity contribution in [3.8, 4) is 0 Å². The standard InChI is InChI=1S/C15H25N3/c1-4-17-8-9-18(11-13(17)3)15-12(2)6-5-7-14(15)10-16/h5-7,13H,4,8-11,16H2,1-3H3. The summed E-state index contributed by atoms with van der Waals surface area (Å²) in [4.78, 5) is 5.05. The molecule has 3 nitrogen and oxygen atoms in total. The molecule has 0 bridgehead atoms. The van der Waals surface area contributed by atoms with Crippen molar-refractivity contribution in [2.24, 2.45) is 5.73 Å². The first-order chi connectivity index (χ1) is 8.67. The Kier molecular flexibility index (Phi) is 4.25. The molecule has 2 N–H and O–H groups in total. The van der Waals surface area contributed by atoms with E-state index in [0.29, 0.717) is 12.6 Å². The molecule has 1 atom stereocenters. The smallest absolute Gasteiger partial charge is 0.0442 e. The van der Waals surface area contributed by atoms with E-state index in [1.807, 2.05) is 0 Å². The molecular weight excluding hydrogens is 222 g/mol. The van der Waals surface area contributed by atoms with E-state index in [9.17, 15) is 0 Å². The van der Waals surface area contributed by atoms with Crippen LogP contribution in [0.3, 0.4) is 0 Å². The van der Waals surface area contributed by atoms with Crippen LogP contribution in [0.15, 0.2) is 18.2 Å². The van der Waals surface area contributed by atoms with Gasteiger partial charge in [-0.3, -0.25) is 4.90 Å². The summed E-state index contributed by atoms with van der Waals surface area (Å²) < 4.78 is 0. The van der Waals surface area contributed by atoms with Gasteiger partial charge in [0.05, 0.1) is 0 Å². The maximum absolute atomic E-state index is 5.88. The second kappa shape index (κ2) is 5.72. The van der Waals surface area contributed by atoms with Crippen LogP contribution in [-0.4, -0.2) is 37.1 Å². The molecule has 1 fully saturated rings. The zero-order valence-corrected chi connectivity index (χ0v) is 11.8. The Hall–Kier alpha value is -1.06. The van der Waals surface area contributed by atoms with E-state index < -0.39 is 0 Å². The number of likely N-dealkylation sites (N-methyl/N-ethyl adjacent to an activating group) is 1.